The van der Waals surface area contributed by atoms with Crippen LogP contribution >= 0.6 is 0 Å². The standard InChI is InChI=1S/C57H47NO/c1-57(2)51-28-16-27-47(40-21-11-5-12-22-40)55(51)48-31-29-46(37-52(48)57)58(44-26-15-25-42(33-44)38-17-7-3-8-18-38)45-30-32-53-50(36-45)56-49(41-23-13-6-14-24-41)34-43(35-54(56)59-53)39-19-9-4-10-20-39/h4-6,9-16,19-38H,3,7-8,17-18H2,1-2H3/i4D,5D,6D,9D,10D,11D,12D,13D,14D,15D,16D,19D,20D,21D,22D,23D,24D,25D,26D,27D,28D,29D,30D,31D,32D,33D,34D,35D,36D,37D. The van der Waals surface area contributed by atoms with E-state index in [-0.39, 0.29) is 22.3 Å². The molecule has 0 saturated heterocycles. The van der Waals surface area contributed by atoms with Gasteiger partial charge in [-0.1, -0.05) is 160 Å². The van der Waals surface area contributed by atoms with E-state index >= 15 is 0 Å². The Hall–Kier alpha value is -6.64. The predicted molar refractivity (Wildman–Crippen MR) is 248 cm³/mol. The summed E-state index contributed by atoms with van der Waals surface area (Å²) < 4.78 is 283. The maximum Gasteiger partial charge on any atom is 0.136 e. The second-order valence-corrected chi connectivity index (χ2v) is 14.8. The summed E-state index contributed by atoms with van der Waals surface area (Å²) >= 11 is 0. The second-order valence-electron chi connectivity index (χ2n) is 14.8. The molecule has 11 rings (SSSR count). The molecule has 59 heavy (non-hydrogen) atoms. The molecule has 9 aromatic rings. The van der Waals surface area contributed by atoms with Gasteiger partial charge in [-0.3, -0.25) is 0 Å². The van der Waals surface area contributed by atoms with Crippen LogP contribution in [0, 0.1) is 0 Å². The van der Waals surface area contributed by atoms with Gasteiger partial charge in [0.15, 0.2) is 0 Å². The molecule has 1 aromatic heterocycles. The molecule has 0 N–H and O–H groups in total. The molecule has 2 aliphatic carbocycles. The van der Waals surface area contributed by atoms with Crippen molar-refractivity contribution >= 4 is 39.0 Å². The molecule has 0 atom stereocenters. The third-order valence-corrected chi connectivity index (χ3v) is 10.9. The first-order chi connectivity index (χ1) is 41.5. The van der Waals surface area contributed by atoms with Gasteiger partial charge in [0.05, 0.1) is 41.1 Å². The Kier molecular flexibility index (Phi) is 3.93. The largest absolute Gasteiger partial charge is 0.456 e. The molecular formula is C57H47NO. The van der Waals surface area contributed by atoms with Crippen LogP contribution in [-0.2, 0) is 5.41 Å². The topological polar surface area (TPSA) is 16.4 Å². The van der Waals surface area contributed by atoms with Gasteiger partial charge in [-0.05, 0) is 134 Å². The third-order valence-electron chi connectivity index (χ3n) is 10.9. The van der Waals surface area contributed by atoms with E-state index in [1.165, 1.54) is 13.8 Å². The highest BCUT2D eigenvalue weighted by Crippen LogP contribution is 2.54. The summed E-state index contributed by atoms with van der Waals surface area (Å²) in [5.41, 5.74) is -11.5. The molecule has 0 bridgehead atoms. The Morgan fingerprint density at radius 3 is 1.88 bits per heavy atom. The minimum atomic E-state index is -1.81. The van der Waals surface area contributed by atoms with Gasteiger partial charge in [-0.2, -0.15) is 0 Å². The molecule has 0 radical (unpaired) electrons. The number of hydrogen-bond acceptors (Lipinski definition) is 2. The highest BCUT2D eigenvalue weighted by atomic mass is 16.3. The number of hydrogen-bond donors (Lipinski definition) is 0. The quantitative estimate of drug-likeness (QED) is 0.160. The monoisotopic (exact) mass is 792 g/mol. The van der Waals surface area contributed by atoms with Crippen molar-refractivity contribution in [1.82, 2.24) is 0 Å². The molecule has 0 amide bonds. The van der Waals surface area contributed by atoms with Crippen LogP contribution in [0.1, 0.15) is 110 Å². The van der Waals surface area contributed by atoms with Gasteiger partial charge in [0.2, 0.25) is 0 Å². The van der Waals surface area contributed by atoms with Crippen molar-refractivity contribution in [3.05, 3.63) is 198 Å². The van der Waals surface area contributed by atoms with E-state index in [9.17, 15) is 21.9 Å². The first-order valence-corrected chi connectivity index (χ1v) is 18.9. The van der Waals surface area contributed by atoms with Gasteiger partial charge < -0.3 is 9.32 Å². The summed E-state index contributed by atoms with van der Waals surface area (Å²) in [6, 6.07) is -26.7. The molecule has 2 nitrogen and oxygen atoms in total. The Morgan fingerprint density at radius 2 is 1.14 bits per heavy atom. The molecular weight excluding hydrogens is 715 g/mol. The SMILES string of the molecule is [2H]c1c([2H])c([2H])c(-c2c([2H])c([2H])c([2H])c3c2-c2c([2H])c([2H])c(N(c4c([2H])c([2H])c([2H])c(C5CCCCC5)c4[2H])c4c([2H])c([2H])c5oc6c([2H])c(-c7c([2H])c([2H])c([2H])c([2H])c7[2H])c([2H])c(-c7c([2H])c([2H])c([2H])c([2H])c7[2H])c6c5c4[2H])c([2H])c2C3(C)C)c([2H])c1[2H]. The first kappa shape index (κ1) is 16.2. The highest BCUT2D eigenvalue weighted by molar-refractivity contribution is 6.14. The summed E-state index contributed by atoms with van der Waals surface area (Å²) in [6.45, 7) is 2.88. The number of rotatable bonds is 7. The van der Waals surface area contributed by atoms with Crippen LogP contribution in [0.4, 0.5) is 17.1 Å². The zero-order valence-electron chi connectivity index (χ0n) is 61.5. The maximum atomic E-state index is 10.4. The lowest BCUT2D eigenvalue weighted by atomic mass is 9.81. The molecule has 1 saturated carbocycles. The van der Waals surface area contributed by atoms with Crippen LogP contribution in [0.2, 0.25) is 0 Å². The van der Waals surface area contributed by atoms with E-state index < -0.39 is 271 Å². The second kappa shape index (κ2) is 14.3. The average molecular weight is 792 g/mol. The molecule has 2 aliphatic rings. The fourth-order valence-corrected chi connectivity index (χ4v) is 8.10. The third kappa shape index (κ3) is 6.09. The van der Waals surface area contributed by atoms with Gasteiger partial charge in [0.25, 0.3) is 0 Å². The van der Waals surface area contributed by atoms with E-state index in [4.69, 9.17) is 23.6 Å². The van der Waals surface area contributed by atoms with Crippen LogP contribution in [0.25, 0.3) is 66.4 Å². The molecule has 0 unspecified atom stereocenters. The molecule has 0 spiro atoms. The molecule has 286 valence electrons. The summed E-state index contributed by atoms with van der Waals surface area (Å²) in [7, 11) is 0. The minimum Gasteiger partial charge on any atom is -0.456 e. The predicted octanol–water partition coefficient (Wildman–Crippen LogP) is 16.4. The van der Waals surface area contributed by atoms with Crippen molar-refractivity contribution in [3.8, 4) is 44.5 Å². The zero-order chi connectivity index (χ0) is 65.6. The minimum absolute atomic E-state index is 0.0860. The fourth-order valence-electron chi connectivity index (χ4n) is 8.10. The van der Waals surface area contributed by atoms with Crippen LogP contribution in [0.15, 0.2) is 186 Å². The summed E-state index contributed by atoms with van der Waals surface area (Å²) in [5, 5.41) is -1.35. The lowest BCUT2D eigenvalue weighted by Gasteiger charge is -2.29. The summed E-state index contributed by atoms with van der Waals surface area (Å²) in [5.74, 6) is -0.616. The van der Waals surface area contributed by atoms with Gasteiger partial charge in [0, 0.05) is 33.2 Å². The lowest BCUT2D eigenvalue weighted by molar-refractivity contribution is 0.443. The van der Waals surface area contributed by atoms with Crippen molar-refractivity contribution in [2.75, 3.05) is 4.90 Å². The van der Waals surface area contributed by atoms with E-state index in [0.717, 1.165) is 6.42 Å². The van der Waals surface area contributed by atoms with Crippen molar-refractivity contribution in [1.29, 1.82) is 0 Å². The van der Waals surface area contributed by atoms with E-state index in [1.807, 2.05) is 0 Å². The van der Waals surface area contributed by atoms with E-state index in [2.05, 4.69) is 0 Å². The van der Waals surface area contributed by atoms with Gasteiger partial charge in [-0.15, -0.1) is 0 Å². The van der Waals surface area contributed by atoms with E-state index in [1.54, 1.807) is 0 Å². The van der Waals surface area contributed by atoms with Gasteiger partial charge in [-0.25, -0.2) is 0 Å². The maximum absolute atomic E-state index is 10.4. The smallest absolute Gasteiger partial charge is 0.136 e. The number of benzene rings is 8. The van der Waals surface area contributed by atoms with Crippen molar-refractivity contribution in [2.24, 2.45) is 0 Å². The van der Waals surface area contributed by atoms with E-state index in [0.29, 0.717) is 30.6 Å². The first-order valence-electron chi connectivity index (χ1n) is 33.9. The Bertz CT molecular complexity index is 4670. The lowest BCUT2D eigenvalue weighted by Crippen LogP contribution is -2.16. The van der Waals surface area contributed by atoms with Crippen molar-refractivity contribution in [3.63, 3.8) is 0 Å². The van der Waals surface area contributed by atoms with Crippen molar-refractivity contribution < 1.29 is 45.5 Å². The zero-order valence-corrected chi connectivity index (χ0v) is 31.5. The number of furan rings is 1. The van der Waals surface area contributed by atoms with Crippen LogP contribution in [-0.4, -0.2) is 0 Å². The van der Waals surface area contributed by atoms with Crippen LogP contribution in [0.3, 0.4) is 0 Å². The number of nitrogens with zero attached hydrogens (tertiary/aromatic N) is 1. The average Bonchev–Trinajstić information content (AvgIpc) is 1.58. The molecule has 1 heterocycles. The van der Waals surface area contributed by atoms with Gasteiger partial charge >= 0.3 is 0 Å². The van der Waals surface area contributed by atoms with Gasteiger partial charge in [0.1, 0.15) is 11.2 Å². The summed E-state index contributed by atoms with van der Waals surface area (Å²) in [4.78, 5) is 0.690. The fraction of sp³-hybridized carbons (Fsp3) is 0.158. The molecule has 1 fully saturated rings. The highest BCUT2D eigenvalue weighted by Gasteiger charge is 2.37. The van der Waals surface area contributed by atoms with Crippen LogP contribution in [0.5, 0.6) is 0 Å². The molecule has 8 aromatic carbocycles. The molecule has 2 heteroatoms. The summed E-state index contributed by atoms with van der Waals surface area (Å²) in [6.07, 6.45) is 2.78. The normalized spacial score (nSPS) is 21.8. The van der Waals surface area contributed by atoms with Crippen molar-refractivity contribution in [2.45, 2.75) is 57.3 Å². The number of anilines is 3. The van der Waals surface area contributed by atoms with Crippen LogP contribution < -0.4 is 4.90 Å². The Balaban J connectivity index is 1.36. The Labute approximate surface area is 389 Å². The Morgan fingerprint density at radius 1 is 0.492 bits per heavy atom. The number of fused-ring (bicyclic) bond motifs is 6. The molecule has 0 aliphatic heterocycles.